The summed E-state index contributed by atoms with van der Waals surface area (Å²) in [6, 6.07) is 1.76. The number of primary amides is 1. The number of aromatic nitrogens is 1. The Morgan fingerprint density at radius 2 is 2.00 bits per heavy atom. The fourth-order valence-electron chi connectivity index (χ4n) is 2.48. The van der Waals surface area contributed by atoms with Crippen LogP contribution in [0.2, 0.25) is 0 Å². The average Bonchev–Trinajstić information content (AvgIpc) is 2.46. The normalized spacial score (nSPS) is 22.5. The molecule has 2 heterocycles. The SMILES string of the molecule is C[C@H]1CC[C@@H](C(N)=O)CN1C(=O)c1ccc(C(F)(F)F)nc1. The van der Waals surface area contributed by atoms with Crippen LogP contribution in [0.4, 0.5) is 13.2 Å². The number of piperidine rings is 1. The van der Waals surface area contributed by atoms with Crippen molar-refractivity contribution in [2.24, 2.45) is 11.7 Å². The molecule has 0 aliphatic carbocycles. The summed E-state index contributed by atoms with van der Waals surface area (Å²) in [4.78, 5) is 28.4. The quantitative estimate of drug-likeness (QED) is 0.904. The summed E-state index contributed by atoms with van der Waals surface area (Å²) >= 11 is 0. The monoisotopic (exact) mass is 315 g/mol. The molecule has 0 spiro atoms. The van der Waals surface area contributed by atoms with Crippen LogP contribution in [0.1, 0.15) is 35.8 Å². The highest BCUT2D eigenvalue weighted by atomic mass is 19.4. The smallest absolute Gasteiger partial charge is 0.369 e. The van der Waals surface area contributed by atoms with Gasteiger partial charge in [0.2, 0.25) is 5.91 Å². The minimum Gasteiger partial charge on any atom is -0.369 e. The Hall–Kier alpha value is -2.12. The summed E-state index contributed by atoms with van der Waals surface area (Å²) in [6.45, 7) is 2.00. The minimum atomic E-state index is -4.54. The standard InChI is InChI=1S/C14H16F3N3O2/c1-8-2-3-10(12(18)21)7-20(8)13(22)9-4-5-11(19-6-9)14(15,16)17/h4-6,8,10H,2-3,7H2,1H3,(H2,18,21)/t8-,10+/m0/s1. The number of likely N-dealkylation sites (tertiary alicyclic amines) is 1. The predicted molar refractivity (Wildman–Crippen MR) is 71.7 cm³/mol. The van der Waals surface area contributed by atoms with E-state index in [2.05, 4.69) is 4.98 Å². The molecule has 2 rings (SSSR count). The molecule has 1 aromatic heterocycles. The summed E-state index contributed by atoms with van der Waals surface area (Å²) in [5.41, 5.74) is 4.28. The maximum Gasteiger partial charge on any atom is 0.433 e. The molecule has 8 heteroatoms. The van der Waals surface area contributed by atoms with E-state index < -0.39 is 29.6 Å². The van der Waals surface area contributed by atoms with Gasteiger partial charge < -0.3 is 10.6 Å². The second-order valence-electron chi connectivity index (χ2n) is 5.41. The molecule has 1 aliphatic heterocycles. The molecule has 1 aliphatic rings. The van der Waals surface area contributed by atoms with Crippen LogP contribution in [0.5, 0.6) is 0 Å². The molecular formula is C14H16F3N3O2. The molecule has 0 radical (unpaired) electrons. The molecule has 0 unspecified atom stereocenters. The molecule has 2 amide bonds. The van der Waals surface area contributed by atoms with Gasteiger partial charge in [0.15, 0.2) is 0 Å². The van der Waals surface area contributed by atoms with E-state index in [4.69, 9.17) is 5.73 Å². The number of hydrogen-bond acceptors (Lipinski definition) is 3. The first-order valence-corrected chi connectivity index (χ1v) is 6.83. The van der Waals surface area contributed by atoms with E-state index in [0.29, 0.717) is 12.8 Å². The van der Waals surface area contributed by atoms with Crippen LogP contribution in [0.15, 0.2) is 18.3 Å². The van der Waals surface area contributed by atoms with E-state index in [1.54, 1.807) is 0 Å². The van der Waals surface area contributed by atoms with Gasteiger partial charge in [0.1, 0.15) is 5.69 Å². The van der Waals surface area contributed by atoms with Crippen molar-refractivity contribution in [1.82, 2.24) is 9.88 Å². The molecular weight excluding hydrogens is 299 g/mol. The lowest BCUT2D eigenvalue weighted by molar-refractivity contribution is -0.141. The van der Waals surface area contributed by atoms with Crippen molar-refractivity contribution in [3.05, 3.63) is 29.6 Å². The van der Waals surface area contributed by atoms with Crippen LogP contribution in [-0.4, -0.2) is 34.3 Å². The number of amides is 2. The fraction of sp³-hybridized carbons (Fsp3) is 0.500. The van der Waals surface area contributed by atoms with Gasteiger partial charge in [-0.25, -0.2) is 0 Å². The highest BCUT2D eigenvalue weighted by Crippen LogP contribution is 2.28. The molecule has 5 nitrogen and oxygen atoms in total. The van der Waals surface area contributed by atoms with Gasteiger partial charge in [0.05, 0.1) is 11.5 Å². The van der Waals surface area contributed by atoms with Crippen molar-refractivity contribution in [1.29, 1.82) is 0 Å². The zero-order valence-corrected chi connectivity index (χ0v) is 11.9. The number of hydrogen-bond donors (Lipinski definition) is 1. The number of nitrogens with zero attached hydrogens (tertiary/aromatic N) is 2. The third-order valence-electron chi connectivity index (χ3n) is 3.85. The van der Waals surface area contributed by atoms with Crippen molar-refractivity contribution in [3.8, 4) is 0 Å². The molecule has 120 valence electrons. The van der Waals surface area contributed by atoms with E-state index in [0.717, 1.165) is 18.3 Å². The molecule has 1 aromatic rings. The summed E-state index contributed by atoms with van der Waals surface area (Å²) in [5, 5.41) is 0. The maximum atomic E-state index is 12.5. The molecule has 2 N–H and O–H groups in total. The molecule has 22 heavy (non-hydrogen) atoms. The van der Waals surface area contributed by atoms with Crippen molar-refractivity contribution in [3.63, 3.8) is 0 Å². The Kier molecular flexibility index (Phi) is 4.39. The lowest BCUT2D eigenvalue weighted by Gasteiger charge is -2.36. The lowest BCUT2D eigenvalue weighted by atomic mass is 9.92. The van der Waals surface area contributed by atoms with Crippen LogP contribution < -0.4 is 5.73 Å². The summed E-state index contributed by atoms with van der Waals surface area (Å²) < 4.78 is 37.4. The highest BCUT2D eigenvalue weighted by Gasteiger charge is 2.34. The number of alkyl halides is 3. The van der Waals surface area contributed by atoms with Gasteiger partial charge >= 0.3 is 6.18 Å². The number of pyridine rings is 1. The molecule has 2 atom stereocenters. The van der Waals surface area contributed by atoms with Gasteiger partial charge in [-0.3, -0.25) is 14.6 Å². The van der Waals surface area contributed by atoms with Gasteiger partial charge in [-0.05, 0) is 31.9 Å². The molecule has 1 fully saturated rings. The molecule has 0 aromatic carbocycles. The first kappa shape index (κ1) is 16.3. The second kappa shape index (κ2) is 5.94. The predicted octanol–water partition coefficient (Wildman–Crippen LogP) is 1.83. The Morgan fingerprint density at radius 1 is 1.32 bits per heavy atom. The number of carbonyl (C=O) groups excluding carboxylic acids is 2. The van der Waals surface area contributed by atoms with Crippen LogP contribution in [-0.2, 0) is 11.0 Å². The zero-order valence-electron chi connectivity index (χ0n) is 11.9. The third kappa shape index (κ3) is 3.37. The van der Waals surface area contributed by atoms with Crippen molar-refractivity contribution in [2.45, 2.75) is 32.0 Å². The maximum absolute atomic E-state index is 12.5. The largest absolute Gasteiger partial charge is 0.433 e. The lowest BCUT2D eigenvalue weighted by Crippen LogP contribution is -2.48. The van der Waals surface area contributed by atoms with Gasteiger partial charge in [-0.15, -0.1) is 0 Å². The zero-order chi connectivity index (χ0) is 16.5. The Balaban J connectivity index is 2.17. The van der Waals surface area contributed by atoms with E-state index in [-0.39, 0.29) is 18.2 Å². The van der Waals surface area contributed by atoms with Crippen molar-refractivity contribution < 1.29 is 22.8 Å². The van der Waals surface area contributed by atoms with Crippen LogP contribution in [0.25, 0.3) is 0 Å². The Bertz CT molecular complexity index is 572. The number of carbonyl (C=O) groups is 2. The van der Waals surface area contributed by atoms with E-state index in [1.807, 2.05) is 6.92 Å². The summed E-state index contributed by atoms with van der Waals surface area (Å²) in [7, 11) is 0. The molecule has 1 saturated heterocycles. The minimum absolute atomic E-state index is 0.0602. The van der Waals surface area contributed by atoms with E-state index in [1.165, 1.54) is 4.90 Å². The number of nitrogens with two attached hydrogens (primary N) is 1. The first-order valence-electron chi connectivity index (χ1n) is 6.83. The van der Waals surface area contributed by atoms with E-state index >= 15 is 0 Å². The Morgan fingerprint density at radius 3 is 2.50 bits per heavy atom. The van der Waals surface area contributed by atoms with Crippen LogP contribution in [0.3, 0.4) is 0 Å². The van der Waals surface area contributed by atoms with Gasteiger partial charge in [0, 0.05) is 18.8 Å². The van der Waals surface area contributed by atoms with Gasteiger partial charge in [-0.1, -0.05) is 0 Å². The first-order chi connectivity index (χ1) is 10.2. The number of halogens is 3. The van der Waals surface area contributed by atoms with Crippen molar-refractivity contribution >= 4 is 11.8 Å². The van der Waals surface area contributed by atoms with Gasteiger partial charge in [-0.2, -0.15) is 13.2 Å². The average molecular weight is 315 g/mol. The van der Waals surface area contributed by atoms with E-state index in [9.17, 15) is 22.8 Å². The second-order valence-corrected chi connectivity index (χ2v) is 5.41. The van der Waals surface area contributed by atoms with Gasteiger partial charge in [0.25, 0.3) is 5.91 Å². The highest BCUT2D eigenvalue weighted by molar-refractivity contribution is 5.94. The molecule has 0 bridgehead atoms. The van der Waals surface area contributed by atoms with Crippen LogP contribution >= 0.6 is 0 Å². The third-order valence-corrected chi connectivity index (χ3v) is 3.85. The topological polar surface area (TPSA) is 76.3 Å². The fourth-order valence-corrected chi connectivity index (χ4v) is 2.48. The van der Waals surface area contributed by atoms with Crippen LogP contribution in [0, 0.1) is 5.92 Å². The summed E-state index contributed by atoms with van der Waals surface area (Å²) in [6.07, 6.45) is -2.41. The Labute approximate surface area is 125 Å². The number of rotatable bonds is 2. The molecule has 0 saturated carbocycles. The van der Waals surface area contributed by atoms with Crippen molar-refractivity contribution in [2.75, 3.05) is 6.54 Å². The summed E-state index contributed by atoms with van der Waals surface area (Å²) in [5.74, 6) is -1.35.